The number of benzene rings is 2. The van der Waals surface area contributed by atoms with Crippen LogP contribution in [0.5, 0.6) is 5.75 Å². The second-order valence-corrected chi connectivity index (χ2v) is 8.21. The Hall–Kier alpha value is -2.45. The minimum atomic E-state index is -3.76. The van der Waals surface area contributed by atoms with E-state index in [1.165, 1.54) is 22.5 Å². The number of halogens is 1. The Kier molecular flexibility index (Phi) is 5.76. The predicted octanol–water partition coefficient (Wildman–Crippen LogP) is 1.91. The van der Waals surface area contributed by atoms with Gasteiger partial charge in [-0.15, -0.1) is 0 Å². The molecule has 1 saturated heterocycles. The summed E-state index contributed by atoms with van der Waals surface area (Å²) in [4.78, 5) is 14.1. The molecule has 0 N–H and O–H groups in total. The average Bonchev–Trinajstić information content (AvgIpc) is 2.68. The van der Waals surface area contributed by atoms with E-state index < -0.39 is 15.8 Å². The van der Waals surface area contributed by atoms with Gasteiger partial charge in [-0.1, -0.05) is 18.2 Å². The molecule has 1 fully saturated rings. The van der Waals surface area contributed by atoms with Gasteiger partial charge < -0.3 is 9.64 Å². The molecule has 0 saturated carbocycles. The van der Waals surface area contributed by atoms with Gasteiger partial charge in [0.05, 0.1) is 18.4 Å². The van der Waals surface area contributed by atoms with Gasteiger partial charge in [0, 0.05) is 26.2 Å². The first-order chi connectivity index (χ1) is 12.9. The molecule has 0 unspecified atom stereocenters. The van der Waals surface area contributed by atoms with Gasteiger partial charge in [-0.3, -0.25) is 4.79 Å². The van der Waals surface area contributed by atoms with E-state index in [1.54, 1.807) is 24.1 Å². The van der Waals surface area contributed by atoms with E-state index in [9.17, 15) is 17.6 Å². The van der Waals surface area contributed by atoms with E-state index in [1.807, 2.05) is 12.1 Å². The normalized spacial score (nSPS) is 15.6. The van der Waals surface area contributed by atoms with Crippen molar-refractivity contribution >= 4 is 15.9 Å². The van der Waals surface area contributed by atoms with E-state index in [2.05, 4.69) is 0 Å². The topological polar surface area (TPSA) is 66.9 Å². The van der Waals surface area contributed by atoms with Crippen molar-refractivity contribution in [3.63, 3.8) is 0 Å². The average molecular weight is 392 g/mol. The lowest BCUT2D eigenvalue weighted by molar-refractivity contribution is -0.131. The number of piperazine rings is 1. The van der Waals surface area contributed by atoms with Gasteiger partial charge in [-0.25, -0.2) is 12.8 Å². The standard InChI is InChI=1S/C19H21FN2O4S/c1-26-17-7-5-15(6-8-17)13-19(23)21-9-11-22(12-10-21)27(24,25)18-4-2-3-16(20)14-18/h2-8,14H,9-13H2,1H3. The molecule has 0 bridgehead atoms. The maximum Gasteiger partial charge on any atom is 0.243 e. The molecular formula is C19H21FN2O4S. The molecule has 1 aliphatic heterocycles. The fourth-order valence-corrected chi connectivity index (χ4v) is 4.44. The van der Waals surface area contributed by atoms with Crippen LogP contribution in [0.15, 0.2) is 53.4 Å². The quantitative estimate of drug-likeness (QED) is 0.780. The summed E-state index contributed by atoms with van der Waals surface area (Å²) in [6.45, 7) is 0.994. The predicted molar refractivity (Wildman–Crippen MR) is 98.4 cm³/mol. The highest BCUT2D eigenvalue weighted by molar-refractivity contribution is 7.89. The molecule has 144 valence electrons. The number of methoxy groups -OCH3 is 1. The van der Waals surface area contributed by atoms with Crippen LogP contribution >= 0.6 is 0 Å². The van der Waals surface area contributed by atoms with Crippen molar-refractivity contribution in [2.45, 2.75) is 11.3 Å². The Labute approximate surface area is 158 Å². The molecule has 0 radical (unpaired) electrons. The van der Waals surface area contributed by atoms with Crippen LogP contribution in [0.25, 0.3) is 0 Å². The summed E-state index contributed by atoms with van der Waals surface area (Å²) in [5.41, 5.74) is 0.871. The van der Waals surface area contributed by atoms with E-state index in [0.717, 1.165) is 17.4 Å². The maximum atomic E-state index is 13.3. The highest BCUT2D eigenvalue weighted by Gasteiger charge is 2.30. The Balaban J connectivity index is 1.60. The smallest absolute Gasteiger partial charge is 0.243 e. The molecule has 2 aromatic carbocycles. The number of nitrogens with zero attached hydrogens (tertiary/aromatic N) is 2. The molecule has 8 heteroatoms. The van der Waals surface area contributed by atoms with Crippen molar-refractivity contribution in [2.24, 2.45) is 0 Å². The van der Waals surface area contributed by atoms with Crippen molar-refractivity contribution in [3.05, 3.63) is 59.9 Å². The van der Waals surface area contributed by atoms with Crippen molar-refractivity contribution in [1.29, 1.82) is 0 Å². The number of sulfonamides is 1. The Morgan fingerprint density at radius 1 is 1.07 bits per heavy atom. The monoisotopic (exact) mass is 392 g/mol. The Bertz CT molecular complexity index is 908. The van der Waals surface area contributed by atoms with Crippen LogP contribution in [0.4, 0.5) is 4.39 Å². The largest absolute Gasteiger partial charge is 0.497 e. The van der Waals surface area contributed by atoms with E-state index in [-0.39, 0.29) is 30.3 Å². The second kappa shape index (κ2) is 8.06. The fraction of sp³-hybridized carbons (Fsp3) is 0.316. The second-order valence-electron chi connectivity index (χ2n) is 6.27. The minimum absolute atomic E-state index is 0.0528. The van der Waals surface area contributed by atoms with E-state index in [0.29, 0.717) is 13.1 Å². The maximum absolute atomic E-state index is 13.3. The van der Waals surface area contributed by atoms with Crippen molar-refractivity contribution in [1.82, 2.24) is 9.21 Å². The molecular weight excluding hydrogens is 371 g/mol. The summed E-state index contributed by atoms with van der Waals surface area (Å²) in [7, 11) is -2.18. The van der Waals surface area contributed by atoms with Gasteiger partial charge in [-0.05, 0) is 35.9 Å². The van der Waals surface area contributed by atoms with Crippen LogP contribution in [-0.4, -0.2) is 56.8 Å². The van der Waals surface area contributed by atoms with Crippen LogP contribution in [0.2, 0.25) is 0 Å². The zero-order valence-corrected chi connectivity index (χ0v) is 15.8. The van der Waals surface area contributed by atoms with Gasteiger partial charge in [0.2, 0.25) is 15.9 Å². The third-order valence-corrected chi connectivity index (χ3v) is 6.43. The molecule has 1 aliphatic rings. The summed E-state index contributed by atoms with van der Waals surface area (Å²) in [6, 6.07) is 12.2. The van der Waals surface area contributed by atoms with Crippen LogP contribution < -0.4 is 4.74 Å². The lowest BCUT2D eigenvalue weighted by Gasteiger charge is -2.34. The zero-order chi connectivity index (χ0) is 19.4. The van der Waals surface area contributed by atoms with E-state index >= 15 is 0 Å². The summed E-state index contributed by atoms with van der Waals surface area (Å²) in [5, 5.41) is 0. The molecule has 6 nitrogen and oxygen atoms in total. The van der Waals surface area contributed by atoms with Gasteiger partial charge in [-0.2, -0.15) is 4.31 Å². The third-order valence-electron chi connectivity index (χ3n) is 4.54. The number of hydrogen-bond donors (Lipinski definition) is 0. The molecule has 2 aromatic rings. The van der Waals surface area contributed by atoms with Gasteiger partial charge in [0.15, 0.2) is 0 Å². The molecule has 27 heavy (non-hydrogen) atoms. The molecule has 0 atom stereocenters. The van der Waals surface area contributed by atoms with Crippen LogP contribution in [0, 0.1) is 5.82 Å². The molecule has 3 rings (SSSR count). The fourth-order valence-electron chi connectivity index (χ4n) is 2.98. The van der Waals surface area contributed by atoms with Crippen molar-refractivity contribution < 1.29 is 22.3 Å². The SMILES string of the molecule is COc1ccc(CC(=O)N2CCN(S(=O)(=O)c3cccc(F)c3)CC2)cc1. The summed E-state index contributed by atoms with van der Waals surface area (Å²) < 4.78 is 45.0. The van der Waals surface area contributed by atoms with Crippen molar-refractivity contribution in [3.8, 4) is 5.75 Å². The number of hydrogen-bond acceptors (Lipinski definition) is 4. The van der Waals surface area contributed by atoms with Gasteiger partial charge in [0.25, 0.3) is 0 Å². The zero-order valence-electron chi connectivity index (χ0n) is 15.0. The molecule has 0 spiro atoms. The summed E-state index contributed by atoms with van der Waals surface area (Å²) >= 11 is 0. The van der Waals surface area contributed by atoms with Gasteiger partial charge >= 0.3 is 0 Å². The first-order valence-electron chi connectivity index (χ1n) is 8.56. The summed E-state index contributed by atoms with van der Waals surface area (Å²) in [6.07, 6.45) is 0.251. The van der Waals surface area contributed by atoms with Crippen molar-refractivity contribution in [2.75, 3.05) is 33.3 Å². The summed E-state index contributed by atoms with van der Waals surface area (Å²) in [5.74, 6) is 0.0784. The lowest BCUT2D eigenvalue weighted by Crippen LogP contribution is -2.50. The first-order valence-corrected chi connectivity index (χ1v) is 10.0. The molecule has 0 aromatic heterocycles. The minimum Gasteiger partial charge on any atom is -0.497 e. The Morgan fingerprint density at radius 2 is 1.74 bits per heavy atom. The van der Waals surface area contributed by atoms with Crippen LogP contribution in [0.1, 0.15) is 5.56 Å². The molecule has 1 heterocycles. The van der Waals surface area contributed by atoms with E-state index in [4.69, 9.17) is 4.74 Å². The highest BCUT2D eigenvalue weighted by Crippen LogP contribution is 2.19. The number of carbonyl (C=O) groups is 1. The highest BCUT2D eigenvalue weighted by atomic mass is 32.2. The Morgan fingerprint density at radius 3 is 2.33 bits per heavy atom. The third kappa shape index (κ3) is 4.45. The number of amides is 1. The number of ether oxygens (including phenoxy) is 1. The first kappa shape index (κ1) is 19.3. The number of carbonyl (C=O) groups excluding carboxylic acids is 1. The molecule has 0 aliphatic carbocycles. The van der Waals surface area contributed by atoms with Crippen LogP contribution in [0.3, 0.4) is 0 Å². The lowest BCUT2D eigenvalue weighted by atomic mass is 10.1. The molecule has 1 amide bonds. The van der Waals surface area contributed by atoms with Crippen LogP contribution in [-0.2, 0) is 21.2 Å². The number of rotatable bonds is 5. The van der Waals surface area contributed by atoms with Gasteiger partial charge in [0.1, 0.15) is 11.6 Å².